The normalized spacial score (nSPS) is 12.8. The minimum Gasteiger partial charge on any atom is -0.301 e. The second kappa shape index (κ2) is 20.3. The van der Waals surface area contributed by atoms with E-state index in [2.05, 4.69) is 93.3 Å². The molecule has 0 bridgehead atoms. The van der Waals surface area contributed by atoms with Crippen LogP contribution in [0.5, 0.6) is 0 Å². The Morgan fingerprint density at radius 2 is 0.895 bits per heavy atom. The quantitative estimate of drug-likeness (QED) is 0.0798. The summed E-state index contributed by atoms with van der Waals surface area (Å²) in [6, 6.07) is 22.5. The van der Waals surface area contributed by atoms with Crippen LogP contribution in [0.3, 0.4) is 0 Å². The molecule has 0 aliphatic rings. The molecule has 1 unspecified atom stereocenters. The van der Waals surface area contributed by atoms with Gasteiger partial charge in [0.2, 0.25) is 0 Å². The van der Waals surface area contributed by atoms with Crippen molar-refractivity contribution in [2.24, 2.45) is 0 Å². The van der Waals surface area contributed by atoms with Gasteiger partial charge in [-0.25, -0.2) is 0 Å². The first-order chi connectivity index (χ1) is 18.6. The van der Waals surface area contributed by atoms with Crippen LogP contribution >= 0.6 is 0 Å². The van der Waals surface area contributed by atoms with E-state index in [0.717, 1.165) is 30.7 Å². The monoisotopic (exact) mass is 521 g/mol. The zero-order valence-corrected chi connectivity index (χ0v) is 25.7. The Balaban J connectivity index is 1.89. The Morgan fingerprint density at radius 1 is 0.526 bits per heavy atom. The highest BCUT2D eigenvalue weighted by Gasteiger charge is 2.37. The fourth-order valence-electron chi connectivity index (χ4n) is 6.28. The highest BCUT2D eigenvalue weighted by Crippen LogP contribution is 2.28. The minimum absolute atomic E-state index is 0.493. The molecule has 0 saturated heterocycles. The SMILES string of the molecule is CCCCCCCCCCCCCCCC[N+](Cc1ccccc1)(Cc1ccccc1)C(C)N(CC)CC. The summed E-state index contributed by atoms with van der Waals surface area (Å²) in [6.07, 6.45) is 20.4. The standard InChI is InChI=1S/C36H61N2/c1-5-8-9-10-11-12-13-14-15-16-17-18-19-26-31-38(34(4)37(6-2)7-3,32-35-27-22-20-23-28-35)33-36-29-24-21-25-30-36/h20-25,27-30,34H,5-19,26,31-33H2,1-4H3/q+1. The number of rotatable bonds is 23. The summed E-state index contributed by atoms with van der Waals surface area (Å²) < 4.78 is 1.12. The maximum atomic E-state index is 2.68. The van der Waals surface area contributed by atoms with Crippen LogP contribution in [0.4, 0.5) is 0 Å². The van der Waals surface area contributed by atoms with Crippen molar-refractivity contribution in [1.29, 1.82) is 0 Å². The van der Waals surface area contributed by atoms with Gasteiger partial charge in [0.05, 0.1) is 6.54 Å². The molecule has 0 spiro atoms. The fourth-order valence-corrected chi connectivity index (χ4v) is 6.28. The molecule has 214 valence electrons. The molecule has 0 amide bonds. The lowest BCUT2D eigenvalue weighted by molar-refractivity contribution is -0.984. The predicted octanol–water partition coefficient (Wildman–Crippen LogP) is 10.4. The fraction of sp³-hybridized carbons (Fsp3) is 0.667. The van der Waals surface area contributed by atoms with Crippen molar-refractivity contribution in [3.8, 4) is 0 Å². The van der Waals surface area contributed by atoms with E-state index in [0.29, 0.717) is 6.17 Å². The number of unbranched alkanes of at least 4 members (excludes halogenated alkanes) is 13. The highest BCUT2D eigenvalue weighted by molar-refractivity contribution is 5.15. The van der Waals surface area contributed by atoms with Gasteiger partial charge in [0, 0.05) is 31.1 Å². The topological polar surface area (TPSA) is 3.24 Å². The van der Waals surface area contributed by atoms with Crippen molar-refractivity contribution in [3.63, 3.8) is 0 Å². The smallest absolute Gasteiger partial charge is 0.143 e. The van der Waals surface area contributed by atoms with Gasteiger partial charge in [0.1, 0.15) is 19.3 Å². The first-order valence-corrected chi connectivity index (χ1v) is 16.3. The van der Waals surface area contributed by atoms with Crippen molar-refractivity contribution in [2.45, 2.75) is 137 Å². The molecule has 0 N–H and O–H groups in total. The van der Waals surface area contributed by atoms with Gasteiger partial charge in [-0.15, -0.1) is 0 Å². The van der Waals surface area contributed by atoms with Crippen LogP contribution in [0, 0.1) is 0 Å². The van der Waals surface area contributed by atoms with Gasteiger partial charge in [0.15, 0.2) is 0 Å². The molecule has 2 nitrogen and oxygen atoms in total. The number of hydrogen-bond donors (Lipinski definition) is 0. The summed E-state index contributed by atoms with van der Waals surface area (Å²) in [7, 11) is 0. The molecule has 2 heteroatoms. The predicted molar refractivity (Wildman–Crippen MR) is 168 cm³/mol. The van der Waals surface area contributed by atoms with Crippen molar-refractivity contribution in [3.05, 3.63) is 71.8 Å². The molecule has 2 rings (SSSR count). The third-order valence-electron chi connectivity index (χ3n) is 8.77. The third kappa shape index (κ3) is 12.5. The number of nitrogens with zero attached hydrogens (tertiary/aromatic N) is 2. The van der Waals surface area contributed by atoms with Gasteiger partial charge in [-0.2, -0.15) is 0 Å². The molecule has 38 heavy (non-hydrogen) atoms. The summed E-state index contributed by atoms with van der Waals surface area (Å²) in [6.45, 7) is 15.1. The lowest BCUT2D eigenvalue weighted by atomic mass is 10.0. The molecule has 0 saturated carbocycles. The molecule has 2 aromatic carbocycles. The largest absolute Gasteiger partial charge is 0.301 e. The van der Waals surface area contributed by atoms with Gasteiger partial charge < -0.3 is 4.48 Å². The summed E-state index contributed by atoms with van der Waals surface area (Å²) in [5, 5.41) is 0. The molecule has 2 aromatic rings. The molecule has 0 heterocycles. The van der Waals surface area contributed by atoms with Crippen molar-refractivity contribution in [2.75, 3.05) is 19.6 Å². The van der Waals surface area contributed by atoms with E-state index in [-0.39, 0.29) is 0 Å². The molecular formula is C36H61N2+. The number of hydrogen-bond acceptors (Lipinski definition) is 1. The van der Waals surface area contributed by atoms with Gasteiger partial charge in [0.25, 0.3) is 0 Å². The van der Waals surface area contributed by atoms with E-state index < -0.39 is 0 Å². The molecule has 0 radical (unpaired) electrons. The van der Waals surface area contributed by atoms with Crippen LogP contribution in [0.25, 0.3) is 0 Å². The Hall–Kier alpha value is -1.64. The average molecular weight is 522 g/mol. The van der Waals surface area contributed by atoms with Crippen molar-refractivity contribution in [1.82, 2.24) is 4.90 Å². The molecule has 0 aliphatic carbocycles. The summed E-state index contributed by atoms with van der Waals surface area (Å²) >= 11 is 0. The maximum Gasteiger partial charge on any atom is 0.143 e. The first-order valence-electron chi connectivity index (χ1n) is 16.3. The van der Waals surface area contributed by atoms with Gasteiger partial charge in [-0.1, -0.05) is 158 Å². The lowest BCUT2D eigenvalue weighted by Crippen LogP contribution is -2.60. The summed E-state index contributed by atoms with van der Waals surface area (Å²) in [5.74, 6) is 0. The first kappa shape index (κ1) is 32.6. The highest BCUT2D eigenvalue weighted by atomic mass is 15.5. The van der Waals surface area contributed by atoms with Gasteiger partial charge in [-0.05, 0) is 12.8 Å². The van der Waals surface area contributed by atoms with Crippen molar-refractivity contribution >= 4 is 0 Å². The average Bonchev–Trinajstić information content (AvgIpc) is 2.95. The van der Waals surface area contributed by atoms with E-state index in [1.54, 1.807) is 0 Å². The van der Waals surface area contributed by atoms with Gasteiger partial charge in [-0.3, -0.25) is 4.90 Å². The second-order valence-corrected chi connectivity index (χ2v) is 11.7. The lowest BCUT2D eigenvalue weighted by Gasteiger charge is -2.48. The van der Waals surface area contributed by atoms with E-state index in [1.165, 1.54) is 108 Å². The molecule has 0 aromatic heterocycles. The Morgan fingerprint density at radius 3 is 1.26 bits per heavy atom. The zero-order chi connectivity index (χ0) is 27.3. The van der Waals surface area contributed by atoms with Crippen LogP contribution in [0.2, 0.25) is 0 Å². The Bertz CT molecular complexity index is 742. The van der Waals surface area contributed by atoms with Crippen molar-refractivity contribution < 1.29 is 4.48 Å². The summed E-state index contributed by atoms with van der Waals surface area (Å²) in [5.41, 5.74) is 2.93. The van der Waals surface area contributed by atoms with E-state index >= 15 is 0 Å². The van der Waals surface area contributed by atoms with Gasteiger partial charge >= 0.3 is 0 Å². The molecule has 0 fully saturated rings. The maximum absolute atomic E-state index is 2.68. The molecular weight excluding hydrogens is 460 g/mol. The van der Waals surface area contributed by atoms with Crippen LogP contribution in [0.15, 0.2) is 60.7 Å². The van der Waals surface area contributed by atoms with Crippen LogP contribution in [-0.2, 0) is 13.1 Å². The molecule has 1 atom stereocenters. The van der Waals surface area contributed by atoms with Crippen LogP contribution in [0.1, 0.15) is 129 Å². The van der Waals surface area contributed by atoms with E-state index in [4.69, 9.17) is 0 Å². The van der Waals surface area contributed by atoms with Crippen LogP contribution < -0.4 is 0 Å². The second-order valence-electron chi connectivity index (χ2n) is 11.7. The van der Waals surface area contributed by atoms with E-state index in [9.17, 15) is 0 Å². The Labute approximate surface area is 237 Å². The number of quaternary nitrogens is 1. The minimum atomic E-state index is 0.493. The summed E-state index contributed by atoms with van der Waals surface area (Å²) in [4.78, 5) is 2.68. The Kier molecular flexibility index (Phi) is 17.4. The zero-order valence-electron chi connectivity index (χ0n) is 25.7. The van der Waals surface area contributed by atoms with Crippen LogP contribution in [-0.4, -0.2) is 35.2 Å². The number of benzene rings is 2. The van der Waals surface area contributed by atoms with E-state index in [1.807, 2.05) is 0 Å². The molecule has 0 aliphatic heterocycles. The third-order valence-corrected chi connectivity index (χ3v) is 8.77.